The second-order valence-corrected chi connectivity index (χ2v) is 8.98. The van der Waals surface area contributed by atoms with Crippen molar-refractivity contribution in [3.63, 3.8) is 0 Å². The largest absolute Gasteiger partial charge is 0.0587 e. The van der Waals surface area contributed by atoms with Gasteiger partial charge in [-0.3, -0.25) is 0 Å². The molecule has 0 bridgehead atoms. The van der Waals surface area contributed by atoms with E-state index in [-0.39, 0.29) is 0 Å². The van der Waals surface area contributed by atoms with Crippen molar-refractivity contribution >= 4 is 64.2 Å². The van der Waals surface area contributed by atoms with Gasteiger partial charge in [0.25, 0.3) is 0 Å². The minimum absolute atomic E-state index is 0.504. The molecule has 0 unspecified atom stereocenters. The molecule has 0 saturated carbocycles. The summed E-state index contributed by atoms with van der Waals surface area (Å²) in [6.07, 6.45) is 0. The quantitative estimate of drug-likeness (QED) is 0.273. The first kappa shape index (κ1) is 16.4. The normalized spacial score (nSPS) is 12.5. The van der Waals surface area contributed by atoms with Crippen LogP contribution in [0.3, 0.4) is 0 Å². The zero-order valence-corrected chi connectivity index (χ0v) is 17.5. The third-order valence-corrected chi connectivity index (χ3v) is 6.42. The summed E-state index contributed by atoms with van der Waals surface area (Å²) >= 11 is 7.66. The van der Waals surface area contributed by atoms with E-state index in [1.165, 1.54) is 52.4 Å². The predicted molar refractivity (Wildman–Crippen MR) is 114 cm³/mol. The monoisotopic (exact) mass is 442 g/mol. The van der Waals surface area contributed by atoms with Gasteiger partial charge in [0.15, 0.2) is 0 Å². The molecule has 0 radical (unpaired) electrons. The molecule has 0 spiro atoms. The maximum absolute atomic E-state index is 3.83. The molecule has 0 aliphatic carbocycles. The van der Waals surface area contributed by atoms with Gasteiger partial charge in [-0.2, -0.15) is 0 Å². The van der Waals surface area contributed by atoms with E-state index >= 15 is 0 Å². The van der Waals surface area contributed by atoms with Crippen molar-refractivity contribution in [3.05, 3.63) is 56.5 Å². The summed E-state index contributed by atoms with van der Waals surface area (Å²) in [4.78, 5) is 0. The van der Waals surface area contributed by atoms with Crippen molar-refractivity contribution < 1.29 is 0 Å². The summed E-state index contributed by atoms with van der Waals surface area (Å²) in [5, 5.41) is 8.14. The Balaban J connectivity index is 2.36. The summed E-state index contributed by atoms with van der Waals surface area (Å²) < 4.78 is 2.37. The van der Waals surface area contributed by atoms with E-state index in [1.54, 1.807) is 0 Å². The lowest BCUT2D eigenvalue weighted by molar-refractivity contribution is 0.875. The molecule has 0 atom stereocenters. The molecule has 4 aromatic carbocycles. The Hall–Kier alpha value is -1.12. The van der Waals surface area contributed by atoms with Gasteiger partial charge in [-0.1, -0.05) is 83.8 Å². The lowest BCUT2D eigenvalue weighted by Gasteiger charge is -2.20. The first-order valence-electron chi connectivity index (χ1n) is 8.49. The van der Waals surface area contributed by atoms with Crippen LogP contribution in [-0.4, -0.2) is 0 Å². The molecule has 0 saturated heterocycles. The summed E-state index contributed by atoms with van der Waals surface area (Å²) in [5.74, 6) is 1.01. The van der Waals surface area contributed by atoms with Gasteiger partial charge in [-0.15, -0.1) is 0 Å². The minimum Gasteiger partial charge on any atom is -0.0587 e. The number of hydrogen-bond donors (Lipinski definition) is 0. The standard InChI is InChI=1S/C22H20Br2/c1-11(2)13-5-7-15-20(24)10-18-14(12(3)4)6-8-16-19(23)9-17(13)21(15)22(16)18/h5-12H,1-4H3. The van der Waals surface area contributed by atoms with Crippen LogP contribution in [0.1, 0.15) is 50.7 Å². The van der Waals surface area contributed by atoms with Gasteiger partial charge in [0.2, 0.25) is 0 Å². The molecule has 0 aliphatic heterocycles. The van der Waals surface area contributed by atoms with Gasteiger partial charge in [-0.05, 0) is 67.4 Å². The molecule has 4 aromatic rings. The van der Waals surface area contributed by atoms with E-state index in [1.807, 2.05) is 0 Å². The smallest absolute Gasteiger partial charge is 0.0260 e. The highest BCUT2D eigenvalue weighted by molar-refractivity contribution is 9.11. The number of benzene rings is 4. The molecule has 0 amide bonds. The highest BCUT2D eigenvalue weighted by atomic mass is 79.9. The highest BCUT2D eigenvalue weighted by Crippen LogP contribution is 2.45. The molecule has 24 heavy (non-hydrogen) atoms. The van der Waals surface area contributed by atoms with E-state index in [9.17, 15) is 0 Å². The van der Waals surface area contributed by atoms with Crippen LogP contribution in [0.2, 0.25) is 0 Å². The van der Waals surface area contributed by atoms with Crippen molar-refractivity contribution in [3.8, 4) is 0 Å². The SMILES string of the molecule is CC(C)c1ccc2c(Br)cc3c(C(C)C)ccc4c(Br)cc1c2c43. The van der Waals surface area contributed by atoms with Crippen molar-refractivity contribution in [2.24, 2.45) is 0 Å². The van der Waals surface area contributed by atoms with Gasteiger partial charge in [0.1, 0.15) is 0 Å². The van der Waals surface area contributed by atoms with E-state index in [0.29, 0.717) is 11.8 Å². The molecule has 0 fully saturated rings. The first-order chi connectivity index (χ1) is 11.4. The molecular weight excluding hydrogens is 424 g/mol. The second kappa shape index (κ2) is 5.71. The van der Waals surface area contributed by atoms with Crippen molar-refractivity contribution in [2.75, 3.05) is 0 Å². The van der Waals surface area contributed by atoms with E-state index in [4.69, 9.17) is 0 Å². The van der Waals surface area contributed by atoms with Gasteiger partial charge in [-0.25, -0.2) is 0 Å². The zero-order valence-electron chi connectivity index (χ0n) is 14.4. The van der Waals surface area contributed by atoms with Gasteiger partial charge in [0.05, 0.1) is 0 Å². The lowest BCUT2D eigenvalue weighted by Crippen LogP contribution is -1.96. The fourth-order valence-corrected chi connectivity index (χ4v) is 5.05. The van der Waals surface area contributed by atoms with Crippen LogP contribution in [0.15, 0.2) is 45.3 Å². The Labute approximate surface area is 159 Å². The Morgan fingerprint density at radius 1 is 0.583 bits per heavy atom. The van der Waals surface area contributed by atoms with E-state index in [0.717, 1.165) is 0 Å². The van der Waals surface area contributed by atoms with Crippen LogP contribution in [-0.2, 0) is 0 Å². The molecule has 0 aromatic heterocycles. The second-order valence-electron chi connectivity index (χ2n) is 7.28. The van der Waals surface area contributed by atoms with Gasteiger partial charge < -0.3 is 0 Å². The minimum atomic E-state index is 0.504. The van der Waals surface area contributed by atoms with Crippen LogP contribution < -0.4 is 0 Å². The number of halogens is 2. The molecule has 2 heteroatoms. The first-order valence-corrected chi connectivity index (χ1v) is 10.1. The topological polar surface area (TPSA) is 0 Å². The molecule has 122 valence electrons. The molecule has 4 rings (SSSR count). The summed E-state index contributed by atoms with van der Waals surface area (Å²) in [6.45, 7) is 9.09. The predicted octanol–water partition coefficient (Wildman–Crippen LogP) is 8.36. The Morgan fingerprint density at radius 2 is 0.958 bits per heavy atom. The maximum Gasteiger partial charge on any atom is 0.0260 e. The third kappa shape index (κ3) is 2.23. The van der Waals surface area contributed by atoms with E-state index in [2.05, 4.69) is 96.0 Å². The van der Waals surface area contributed by atoms with Crippen LogP contribution in [0.25, 0.3) is 32.3 Å². The van der Waals surface area contributed by atoms with Crippen LogP contribution in [0.4, 0.5) is 0 Å². The van der Waals surface area contributed by atoms with Gasteiger partial charge >= 0.3 is 0 Å². The van der Waals surface area contributed by atoms with Crippen LogP contribution in [0.5, 0.6) is 0 Å². The van der Waals surface area contributed by atoms with Crippen LogP contribution >= 0.6 is 31.9 Å². The van der Waals surface area contributed by atoms with Crippen molar-refractivity contribution in [2.45, 2.75) is 39.5 Å². The highest BCUT2D eigenvalue weighted by Gasteiger charge is 2.18. The summed E-state index contributed by atoms with van der Waals surface area (Å²) in [5.41, 5.74) is 2.83. The number of hydrogen-bond acceptors (Lipinski definition) is 0. The fraction of sp³-hybridized carbons (Fsp3) is 0.273. The van der Waals surface area contributed by atoms with Crippen LogP contribution in [0, 0.1) is 0 Å². The van der Waals surface area contributed by atoms with E-state index < -0.39 is 0 Å². The Morgan fingerprint density at radius 3 is 1.29 bits per heavy atom. The van der Waals surface area contributed by atoms with Gasteiger partial charge in [0, 0.05) is 8.95 Å². The molecule has 0 N–H and O–H groups in total. The average Bonchev–Trinajstić information content (AvgIpc) is 2.53. The maximum atomic E-state index is 3.83. The van der Waals surface area contributed by atoms with Crippen molar-refractivity contribution in [1.29, 1.82) is 0 Å². The zero-order chi connectivity index (χ0) is 17.2. The summed E-state index contributed by atoms with van der Waals surface area (Å²) in [7, 11) is 0. The third-order valence-electron chi connectivity index (χ3n) is 5.11. The Bertz CT molecular complexity index is 986. The molecule has 0 nitrogen and oxygen atoms in total. The molecule has 0 heterocycles. The fourth-order valence-electron chi connectivity index (χ4n) is 3.93. The summed E-state index contributed by atoms with van der Waals surface area (Å²) in [6, 6.07) is 13.7. The van der Waals surface area contributed by atoms with Crippen molar-refractivity contribution in [1.82, 2.24) is 0 Å². The Kier molecular flexibility index (Phi) is 3.89. The lowest BCUT2D eigenvalue weighted by atomic mass is 9.86. The molecule has 0 aliphatic rings. The number of rotatable bonds is 2. The molecular formula is C22H20Br2. The average molecular weight is 444 g/mol.